The fourth-order valence-corrected chi connectivity index (χ4v) is 2.21. The highest BCUT2D eigenvalue weighted by Crippen LogP contribution is 2.37. The van der Waals surface area contributed by atoms with Gasteiger partial charge in [-0.15, -0.1) is 0 Å². The van der Waals surface area contributed by atoms with E-state index in [-0.39, 0.29) is 12.1 Å². The molecule has 0 fully saturated rings. The number of rotatable bonds is 1. The highest BCUT2D eigenvalue weighted by molar-refractivity contribution is 5.71. The molecule has 0 unspecified atom stereocenters. The number of aromatic nitrogens is 2. The van der Waals surface area contributed by atoms with Crippen LogP contribution in [0.15, 0.2) is 0 Å². The molecule has 1 atom stereocenters. The van der Waals surface area contributed by atoms with Crippen molar-refractivity contribution in [2.75, 3.05) is 5.73 Å². The van der Waals surface area contributed by atoms with Gasteiger partial charge in [0.2, 0.25) is 0 Å². The van der Waals surface area contributed by atoms with Gasteiger partial charge in [-0.3, -0.25) is 10.00 Å². The Labute approximate surface area is 106 Å². The highest BCUT2D eigenvalue weighted by Gasteiger charge is 2.37. The summed E-state index contributed by atoms with van der Waals surface area (Å²) in [6.07, 6.45) is 0.492. The van der Waals surface area contributed by atoms with Crippen molar-refractivity contribution in [1.82, 2.24) is 15.1 Å². The highest BCUT2D eigenvalue weighted by atomic mass is 16.6. The van der Waals surface area contributed by atoms with E-state index in [0.29, 0.717) is 12.4 Å². The second-order valence-electron chi connectivity index (χ2n) is 5.53. The number of H-pyrrole nitrogens is 1. The Bertz CT molecular complexity index is 461. The van der Waals surface area contributed by atoms with E-state index in [1.807, 2.05) is 27.7 Å². The van der Waals surface area contributed by atoms with E-state index in [1.165, 1.54) is 0 Å². The van der Waals surface area contributed by atoms with Crippen molar-refractivity contribution in [3.05, 3.63) is 11.3 Å². The number of hydrogen-bond donors (Lipinski definition) is 2. The molecule has 6 nitrogen and oxygen atoms in total. The van der Waals surface area contributed by atoms with Gasteiger partial charge in [-0.1, -0.05) is 6.92 Å². The van der Waals surface area contributed by atoms with Crippen molar-refractivity contribution < 1.29 is 9.53 Å². The number of anilines is 1. The number of ether oxygens (including phenoxy) is 1. The first-order chi connectivity index (χ1) is 8.33. The van der Waals surface area contributed by atoms with Gasteiger partial charge in [0.1, 0.15) is 5.60 Å². The normalized spacial score (nSPS) is 18.9. The van der Waals surface area contributed by atoms with Crippen LogP contribution in [-0.2, 0) is 11.3 Å². The number of carbonyl (C=O) groups excluding carboxylic acids is 1. The maximum Gasteiger partial charge on any atom is 0.411 e. The van der Waals surface area contributed by atoms with Crippen LogP contribution < -0.4 is 5.73 Å². The smallest absolute Gasteiger partial charge is 0.411 e. The van der Waals surface area contributed by atoms with Crippen LogP contribution in [0.25, 0.3) is 0 Å². The molecule has 0 aromatic carbocycles. The molecule has 1 aliphatic heterocycles. The van der Waals surface area contributed by atoms with Gasteiger partial charge in [-0.05, 0) is 27.2 Å². The molecule has 3 N–H and O–H groups in total. The third kappa shape index (κ3) is 2.14. The summed E-state index contributed by atoms with van der Waals surface area (Å²) < 4.78 is 5.41. The topological polar surface area (TPSA) is 84.2 Å². The first kappa shape index (κ1) is 12.7. The molecule has 1 aromatic rings. The van der Waals surface area contributed by atoms with Crippen molar-refractivity contribution in [3.8, 4) is 0 Å². The minimum atomic E-state index is -0.491. The van der Waals surface area contributed by atoms with E-state index < -0.39 is 5.60 Å². The predicted octanol–water partition coefficient (Wildman–Crippen LogP) is 2.19. The van der Waals surface area contributed by atoms with Crippen LogP contribution in [0.1, 0.15) is 51.4 Å². The first-order valence-corrected chi connectivity index (χ1v) is 6.15. The average Bonchev–Trinajstić information content (AvgIpc) is 2.76. The van der Waals surface area contributed by atoms with Gasteiger partial charge in [0.15, 0.2) is 5.82 Å². The molecule has 1 aromatic heterocycles. The summed E-state index contributed by atoms with van der Waals surface area (Å²) in [6, 6.07) is -0.0281. The lowest BCUT2D eigenvalue weighted by molar-refractivity contribution is 0.0165. The van der Waals surface area contributed by atoms with Crippen molar-refractivity contribution >= 4 is 11.9 Å². The van der Waals surface area contributed by atoms with Crippen LogP contribution in [0, 0.1) is 0 Å². The van der Waals surface area contributed by atoms with Crippen LogP contribution in [0.5, 0.6) is 0 Å². The third-order valence-electron chi connectivity index (χ3n) is 2.98. The number of carbonyl (C=O) groups is 1. The second-order valence-corrected chi connectivity index (χ2v) is 5.53. The quantitative estimate of drug-likeness (QED) is 0.802. The van der Waals surface area contributed by atoms with E-state index in [0.717, 1.165) is 17.7 Å². The van der Waals surface area contributed by atoms with Crippen LogP contribution in [-0.4, -0.2) is 26.8 Å². The molecule has 18 heavy (non-hydrogen) atoms. The monoisotopic (exact) mass is 252 g/mol. The number of aromatic amines is 1. The van der Waals surface area contributed by atoms with Crippen molar-refractivity contribution in [2.24, 2.45) is 0 Å². The van der Waals surface area contributed by atoms with E-state index in [4.69, 9.17) is 10.5 Å². The largest absolute Gasteiger partial charge is 0.444 e. The van der Waals surface area contributed by atoms with E-state index in [1.54, 1.807) is 4.90 Å². The summed E-state index contributed by atoms with van der Waals surface area (Å²) in [5.41, 5.74) is 7.13. The molecule has 0 radical (unpaired) electrons. The average molecular weight is 252 g/mol. The lowest BCUT2D eigenvalue weighted by atomic mass is 10.1. The summed E-state index contributed by atoms with van der Waals surface area (Å²) in [6.45, 7) is 8.06. The minimum Gasteiger partial charge on any atom is -0.444 e. The Morgan fingerprint density at radius 1 is 1.61 bits per heavy atom. The number of amides is 1. The molecule has 0 bridgehead atoms. The number of hydrogen-bond acceptors (Lipinski definition) is 4. The zero-order chi connectivity index (χ0) is 13.5. The fraction of sp³-hybridized carbons (Fsp3) is 0.667. The Morgan fingerprint density at radius 3 is 2.83 bits per heavy atom. The van der Waals surface area contributed by atoms with Gasteiger partial charge < -0.3 is 10.5 Å². The minimum absolute atomic E-state index is 0.0281. The Morgan fingerprint density at radius 2 is 2.28 bits per heavy atom. The zero-order valence-electron chi connectivity index (χ0n) is 11.3. The van der Waals surface area contributed by atoms with Gasteiger partial charge in [0.05, 0.1) is 18.3 Å². The third-order valence-corrected chi connectivity index (χ3v) is 2.98. The molecule has 0 spiro atoms. The van der Waals surface area contributed by atoms with Gasteiger partial charge in [-0.25, -0.2) is 4.79 Å². The summed E-state index contributed by atoms with van der Waals surface area (Å²) >= 11 is 0. The molecule has 1 amide bonds. The van der Waals surface area contributed by atoms with Gasteiger partial charge >= 0.3 is 6.09 Å². The number of nitrogen functional groups attached to an aromatic ring is 1. The molecular weight excluding hydrogens is 232 g/mol. The lowest BCUT2D eigenvalue weighted by Crippen LogP contribution is -2.35. The van der Waals surface area contributed by atoms with Crippen LogP contribution >= 0.6 is 0 Å². The van der Waals surface area contributed by atoms with Gasteiger partial charge in [-0.2, -0.15) is 5.10 Å². The van der Waals surface area contributed by atoms with E-state index in [2.05, 4.69) is 10.2 Å². The SMILES string of the molecule is CC[C@H]1c2[nH]nc(N)c2CN1C(=O)OC(C)(C)C. The summed E-state index contributed by atoms with van der Waals surface area (Å²) in [5, 5.41) is 6.89. The molecule has 0 saturated carbocycles. The Hall–Kier alpha value is -1.72. The lowest BCUT2D eigenvalue weighted by Gasteiger charge is -2.28. The maximum absolute atomic E-state index is 12.1. The molecule has 1 aliphatic rings. The second kappa shape index (κ2) is 4.19. The predicted molar refractivity (Wildman–Crippen MR) is 67.8 cm³/mol. The van der Waals surface area contributed by atoms with Crippen molar-refractivity contribution in [1.29, 1.82) is 0 Å². The van der Waals surface area contributed by atoms with E-state index >= 15 is 0 Å². The van der Waals surface area contributed by atoms with Gasteiger partial charge in [0.25, 0.3) is 0 Å². The van der Waals surface area contributed by atoms with Crippen LogP contribution in [0.2, 0.25) is 0 Å². The summed E-state index contributed by atoms with van der Waals surface area (Å²) in [7, 11) is 0. The summed E-state index contributed by atoms with van der Waals surface area (Å²) in [4.78, 5) is 13.8. The Kier molecular flexibility index (Phi) is 2.96. The molecular formula is C12H20N4O2. The van der Waals surface area contributed by atoms with Crippen LogP contribution in [0.3, 0.4) is 0 Å². The van der Waals surface area contributed by atoms with Crippen molar-refractivity contribution in [3.63, 3.8) is 0 Å². The number of nitrogens with zero attached hydrogens (tertiary/aromatic N) is 2. The number of nitrogens with one attached hydrogen (secondary N) is 1. The molecule has 2 heterocycles. The zero-order valence-corrected chi connectivity index (χ0v) is 11.3. The molecule has 0 aliphatic carbocycles. The molecule has 2 rings (SSSR count). The number of nitrogens with two attached hydrogens (primary N) is 1. The van der Waals surface area contributed by atoms with Gasteiger partial charge in [0, 0.05) is 5.56 Å². The molecule has 100 valence electrons. The number of fused-ring (bicyclic) bond motifs is 1. The fourth-order valence-electron chi connectivity index (χ4n) is 2.21. The van der Waals surface area contributed by atoms with E-state index in [9.17, 15) is 4.79 Å². The standard InChI is InChI=1S/C12H20N4O2/c1-5-8-9-7(10(13)15-14-9)6-16(8)11(17)18-12(2,3)4/h8H,5-6H2,1-4H3,(H3,13,14,15)/t8-/m0/s1. The first-order valence-electron chi connectivity index (χ1n) is 6.15. The van der Waals surface area contributed by atoms with Crippen molar-refractivity contribution in [2.45, 2.75) is 52.3 Å². The van der Waals surface area contributed by atoms with Crippen LogP contribution in [0.4, 0.5) is 10.6 Å². The Balaban J connectivity index is 2.20. The molecule has 6 heteroatoms. The maximum atomic E-state index is 12.1. The molecule has 0 saturated heterocycles. The summed E-state index contributed by atoms with van der Waals surface area (Å²) in [5.74, 6) is 0.467.